The number of aryl methyl sites for hydroxylation is 2. The van der Waals surface area contributed by atoms with E-state index in [0.29, 0.717) is 0 Å². The second-order valence-electron chi connectivity index (χ2n) is 7.50. The molecule has 120 valence electrons. The van der Waals surface area contributed by atoms with Gasteiger partial charge in [-0.25, -0.2) is 0 Å². The summed E-state index contributed by atoms with van der Waals surface area (Å²) in [7, 11) is 2.08. The third-order valence-electron chi connectivity index (χ3n) is 4.39. The van der Waals surface area contributed by atoms with Crippen molar-refractivity contribution in [3.05, 3.63) is 11.3 Å². The van der Waals surface area contributed by atoms with Crippen LogP contribution in [-0.2, 0) is 13.6 Å². The third kappa shape index (κ3) is 4.00. The van der Waals surface area contributed by atoms with E-state index >= 15 is 0 Å². The van der Waals surface area contributed by atoms with Crippen molar-refractivity contribution in [1.29, 1.82) is 0 Å². The molecule has 1 aromatic rings. The zero-order valence-corrected chi connectivity index (χ0v) is 14.7. The van der Waals surface area contributed by atoms with Crippen LogP contribution in [0.4, 0.5) is 5.82 Å². The fourth-order valence-corrected chi connectivity index (χ4v) is 3.31. The van der Waals surface area contributed by atoms with E-state index in [1.807, 2.05) is 0 Å². The normalized spacial score (nSPS) is 19.5. The summed E-state index contributed by atoms with van der Waals surface area (Å²) < 4.78 is 2.07. The summed E-state index contributed by atoms with van der Waals surface area (Å²) in [5, 5.41) is 8.27. The van der Waals surface area contributed by atoms with Gasteiger partial charge in [-0.3, -0.25) is 4.68 Å². The molecule has 1 saturated heterocycles. The number of hydrogen-bond donors (Lipinski definition) is 1. The number of aromatic nitrogens is 2. The molecule has 1 aliphatic heterocycles. The van der Waals surface area contributed by atoms with Crippen LogP contribution in [0.3, 0.4) is 0 Å². The molecule has 1 atom stereocenters. The maximum absolute atomic E-state index is 4.66. The largest absolute Gasteiger partial charge is 0.356 e. The summed E-state index contributed by atoms with van der Waals surface area (Å²) in [6, 6.07) is 0. The molecule has 4 nitrogen and oxygen atoms in total. The minimum Gasteiger partial charge on any atom is -0.356 e. The summed E-state index contributed by atoms with van der Waals surface area (Å²) in [6.45, 7) is 14.3. The Hall–Kier alpha value is -1.03. The molecule has 2 heterocycles. The molecular formula is C17H32N4. The molecule has 0 saturated carbocycles. The highest BCUT2D eigenvalue weighted by atomic mass is 15.4. The van der Waals surface area contributed by atoms with Crippen LogP contribution in [0.1, 0.15) is 58.2 Å². The van der Waals surface area contributed by atoms with Crippen LogP contribution in [0.5, 0.6) is 0 Å². The van der Waals surface area contributed by atoms with Crippen molar-refractivity contribution >= 4 is 5.82 Å². The summed E-state index contributed by atoms with van der Waals surface area (Å²) in [5.41, 5.74) is 2.66. The highest BCUT2D eigenvalue weighted by molar-refractivity contribution is 5.51. The molecule has 0 aromatic carbocycles. The van der Waals surface area contributed by atoms with E-state index in [2.05, 4.69) is 61.7 Å². The van der Waals surface area contributed by atoms with Crippen LogP contribution in [-0.4, -0.2) is 28.4 Å². The molecule has 2 rings (SSSR count). The van der Waals surface area contributed by atoms with Gasteiger partial charge in [-0.15, -0.1) is 0 Å². The predicted octanol–water partition coefficient (Wildman–Crippen LogP) is 3.24. The molecule has 1 aromatic heterocycles. The molecule has 1 unspecified atom stereocenters. The van der Waals surface area contributed by atoms with Crippen molar-refractivity contribution in [1.82, 2.24) is 15.1 Å². The molecule has 4 heteroatoms. The van der Waals surface area contributed by atoms with Gasteiger partial charge < -0.3 is 10.2 Å². The highest BCUT2D eigenvalue weighted by Crippen LogP contribution is 2.30. The van der Waals surface area contributed by atoms with Crippen LogP contribution in [0.25, 0.3) is 0 Å². The van der Waals surface area contributed by atoms with Gasteiger partial charge in [0.05, 0.1) is 5.69 Å². The minimum atomic E-state index is 0.134. The van der Waals surface area contributed by atoms with Crippen LogP contribution in [0.15, 0.2) is 0 Å². The van der Waals surface area contributed by atoms with Crippen molar-refractivity contribution in [3.8, 4) is 0 Å². The van der Waals surface area contributed by atoms with Gasteiger partial charge in [-0.1, -0.05) is 13.3 Å². The molecule has 0 spiro atoms. The van der Waals surface area contributed by atoms with E-state index in [0.717, 1.165) is 18.2 Å². The van der Waals surface area contributed by atoms with Gasteiger partial charge >= 0.3 is 0 Å². The van der Waals surface area contributed by atoms with Gasteiger partial charge in [-0.2, -0.15) is 5.10 Å². The van der Waals surface area contributed by atoms with Crippen molar-refractivity contribution in [2.45, 2.75) is 66.0 Å². The summed E-state index contributed by atoms with van der Waals surface area (Å²) in [4.78, 5) is 2.54. The van der Waals surface area contributed by atoms with Crippen molar-refractivity contribution in [2.75, 3.05) is 18.0 Å². The molecule has 0 radical (unpaired) electrons. The first-order chi connectivity index (χ1) is 9.81. The average Bonchev–Trinajstić information content (AvgIpc) is 2.91. The Morgan fingerprint density at radius 2 is 2.05 bits per heavy atom. The number of hydrogen-bond acceptors (Lipinski definition) is 3. The van der Waals surface area contributed by atoms with Crippen molar-refractivity contribution in [3.63, 3.8) is 0 Å². The smallest absolute Gasteiger partial charge is 0.131 e. The number of nitrogens with zero attached hydrogens (tertiary/aromatic N) is 3. The second kappa shape index (κ2) is 6.39. The Balaban J connectivity index is 2.15. The van der Waals surface area contributed by atoms with Crippen LogP contribution >= 0.6 is 0 Å². The van der Waals surface area contributed by atoms with E-state index < -0.39 is 0 Å². The van der Waals surface area contributed by atoms with Crippen molar-refractivity contribution < 1.29 is 0 Å². The van der Waals surface area contributed by atoms with Gasteiger partial charge in [0, 0.05) is 37.8 Å². The molecule has 0 amide bonds. The third-order valence-corrected chi connectivity index (χ3v) is 4.39. The van der Waals surface area contributed by atoms with E-state index in [-0.39, 0.29) is 5.54 Å². The molecule has 1 aliphatic rings. The first-order valence-electron chi connectivity index (χ1n) is 8.34. The molecule has 0 bridgehead atoms. The van der Waals surface area contributed by atoms with Gasteiger partial charge in [0.1, 0.15) is 5.82 Å². The number of rotatable bonds is 5. The van der Waals surface area contributed by atoms with E-state index in [9.17, 15) is 0 Å². The van der Waals surface area contributed by atoms with Gasteiger partial charge in [0.2, 0.25) is 0 Å². The maximum Gasteiger partial charge on any atom is 0.131 e. The second-order valence-corrected chi connectivity index (χ2v) is 7.50. The molecular weight excluding hydrogens is 260 g/mol. The predicted molar refractivity (Wildman–Crippen MR) is 89.8 cm³/mol. The van der Waals surface area contributed by atoms with Crippen LogP contribution in [0.2, 0.25) is 0 Å². The van der Waals surface area contributed by atoms with Crippen LogP contribution < -0.4 is 10.2 Å². The summed E-state index contributed by atoms with van der Waals surface area (Å²) in [6.07, 6.45) is 3.97. The average molecular weight is 292 g/mol. The number of anilines is 1. The lowest BCUT2D eigenvalue weighted by atomic mass is 10.0. The fraction of sp³-hybridized carbons (Fsp3) is 0.824. The topological polar surface area (TPSA) is 33.1 Å². The monoisotopic (exact) mass is 292 g/mol. The highest BCUT2D eigenvalue weighted by Gasteiger charge is 2.27. The molecule has 21 heavy (non-hydrogen) atoms. The molecule has 1 fully saturated rings. The standard InChI is InChI=1S/C17H32N4/c1-7-8-14-9-10-21(12-14)16-15(11-18-17(3,4)5)13(2)19-20(16)6/h14,18H,7-12H2,1-6H3. The van der Waals surface area contributed by atoms with E-state index in [1.165, 1.54) is 43.7 Å². The van der Waals surface area contributed by atoms with Gasteiger partial charge in [0.15, 0.2) is 0 Å². The molecule has 1 N–H and O–H groups in total. The SMILES string of the molecule is CCCC1CCN(c2c(CNC(C)(C)C)c(C)nn2C)C1. The number of nitrogens with one attached hydrogen (secondary N) is 1. The Bertz CT molecular complexity index is 470. The maximum atomic E-state index is 4.66. The Labute approximate surface area is 129 Å². The van der Waals surface area contributed by atoms with Gasteiger partial charge in [-0.05, 0) is 46.5 Å². The minimum absolute atomic E-state index is 0.134. The molecule has 0 aliphatic carbocycles. The first-order valence-corrected chi connectivity index (χ1v) is 8.34. The van der Waals surface area contributed by atoms with Gasteiger partial charge in [0.25, 0.3) is 0 Å². The zero-order valence-electron chi connectivity index (χ0n) is 14.7. The summed E-state index contributed by atoms with van der Waals surface area (Å²) >= 11 is 0. The lowest BCUT2D eigenvalue weighted by Gasteiger charge is -2.24. The Morgan fingerprint density at radius 1 is 1.33 bits per heavy atom. The van der Waals surface area contributed by atoms with Crippen LogP contribution in [0, 0.1) is 12.8 Å². The van der Waals surface area contributed by atoms with E-state index in [4.69, 9.17) is 0 Å². The first kappa shape index (κ1) is 16.3. The summed E-state index contributed by atoms with van der Waals surface area (Å²) in [5.74, 6) is 2.18. The quantitative estimate of drug-likeness (QED) is 0.904. The fourth-order valence-electron chi connectivity index (χ4n) is 3.31. The lowest BCUT2D eigenvalue weighted by molar-refractivity contribution is 0.423. The van der Waals surface area contributed by atoms with E-state index in [1.54, 1.807) is 0 Å². The van der Waals surface area contributed by atoms with Crippen molar-refractivity contribution in [2.24, 2.45) is 13.0 Å². The lowest BCUT2D eigenvalue weighted by Crippen LogP contribution is -2.35. The Kier molecular flexibility index (Phi) is 4.97. The Morgan fingerprint density at radius 3 is 2.67 bits per heavy atom. The zero-order chi connectivity index (χ0) is 15.6.